The molecule has 0 aromatic carbocycles. The number of hydrogen-bond donors (Lipinski definition) is 1. The van der Waals surface area contributed by atoms with Gasteiger partial charge in [0.05, 0.1) is 0 Å². The smallest absolute Gasteiger partial charge is 0.0137 e. The van der Waals surface area contributed by atoms with E-state index in [2.05, 4.69) is 24.4 Å². The second-order valence-electron chi connectivity index (χ2n) is 3.07. The molecule has 0 aromatic heterocycles. The lowest BCUT2D eigenvalue weighted by Crippen LogP contribution is -2.25. The van der Waals surface area contributed by atoms with E-state index in [1.54, 1.807) is 0 Å². The van der Waals surface area contributed by atoms with Crippen molar-refractivity contribution in [1.29, 1.82) is 0 Å². The van der Waals surface area contributed by atoms with Crippen molar-refractivity contribution in [2.75, 3.05) is 6.54 Å². The average Bonchev–Trinajstić information content (AvgIpc) is 2.02. The van der Waals surface area contributed by atoms with Crippen LogP contribution in [0.15, 0.2) is 12.2 Å². The summed E-state index contributed by atoms with van der Waals surface area (Å²) in [5.74, 6) is 0. The summed E-state index contributed by atoms with van der Waals surface area (Å²) >= 11 is 0. The van der Waals surface area contributed by atoms with Crippen molar-refractivity contribution in [3.63, 3.8) is 0 Å². The molecule has 0 amide bonds. The molecule has 0 saturated heterocycles. The van der Waals surface area contributed by atoms with Crippen molar-refractivity contribution >= 4 is 0 Å². The van der Waals surface area contributed by atoms with Gasteiger partial charge in [0, 0.05) is 12.6 Å². The van der Waals surface area contributed by atoms with Crippen LogP contribution in [0.5, 0.6) is 0 Å². The minimum atomic E-state index is 0.711. The molecule has 1 N–H and O–H groups in total. The maximum absolute atomic E-state index is 3.44. The Morgan fingerprint density at radius 3 is 3.10 bits per heavy atom. The summed E-state index contributed by atoms with van der Waals surface area (Å²) in [6.07, 6.45) is 9.87. The van der Waals surface area contributed by atoms with Gasteiger partial charge in [0.25, 0.3) is 0 Å². The Morgan fingerprint density at radius 1 is 1.30 bits per heavy atom. The summed E-state index contributed by atoms with van der Waals surface area (Å²) < 4.78 is 0. The van der Waals surface area contributed by atoms with Crippen LogP contribution in [0, 0.1) is 0 Å². The van der Waals surface area contributed by atoms with E-state index in [1.165, 1.54) is 25.7 Å². The average molecular weight is 139 g/mol. The first-order valence-electron chi connectivity index (χ1n) is 4.28. The van der Waals surface area contributed by atoms with Crippen LogP contribution in [0.2, 0.25) is 0 Å². The lowest BCUT2D eigenvalue weighted by molar-refractivity contribution is 0.519. The van der Waals surface area contributed by atoms with Crippen LogP contribution in [-0.4, -0.2) is 12.6 Å². The third-order valence-electron chi connectivity index (χ3n) is 2.01. The first-order valence-corrected chi connectivity index (χ1v) is 4.28. The summed E-state index contributed by atoms with van der Waals surface area (Å²) in [5.41, 5.74) is 0. The molecule has 1 aliphatic heterocycles. The van der Waals surface area contributed by atoms with Crippen LogP contribution in [0.4, 0.5) is 0 Å². The third-order valence-corrected chi connectivity index (χ3v) is 2.01. The van der Waals surface area contributed by atoms with Crippen LogP contribution < -0.4 is 5.32 Å². The predicted octanol–water partition coefficient (Wildman–Crippen LogP) is 2.09. The fourth-order valence-electron chi connectivity index (χ4n) is 1.29. The summed E-state index contributed by atoms with van der Waals surface area (Å²) in [4.78, 5) is 0. The van der Waals surface area contributed by atoms with Crippen LogP contribution in [0.1, 0.15) is 32.6 Å². The number of hydrogen-bond acceptors (Lipinski definition) is 1. The van der Waals surface area contributed by atoms with E-state index in [0.717, 1.165) is 6.54 Å². The van der Waals surface area contributed by atoms with E-state index in [-0.39, 0.29) is 0 Å². The van der Waals surface area contributed by atoms with Gasteiger partial charge in [-0.3, -0.25) is 0 Å². The molecule has 1 rings (SSSR count). The van der Waals surface area contributed by atoms with Gasteiger partial charge in [-0.15, -0.1) is 0 Å². The first kappa shape index (κ1) is 7.80. The van der Waals surface area contributed by atoms with Gasteiger partial charge in [-0.1, -0.05) is 18.6 Å². The molecule has 1 heteroatoms. The normalized spacial score (nSPS) is 31.9. The number of allylic oxidation sites excluding steroid dienone is 1. The maximum Gasteiger partial charge on any atom is 0.0137 e. The fraction of sp³-hybridized carbons (Fsp3) is 0.778. The molecule has 1 unspecified atom stereocenters. The lowest BCUT2D eigenvalue weighted by atomic mass is 10.1. The van der Waals surface area contributed by atoms with Gasteiger partial charge in [0.15, 0.2) is 0 Å². The fourth-order valence-corrected chi connectivity index (χ4v) is 1.29. The molecule has 0 bridgehead atoms. The monoisotopic (exact) mass is 139 g/mol. The van der Waals surface area contributed by atoms with Gasteiger partial charge >= 0.3 is 0 Å². The molecule has 0 aliphatic carbocycles. The largest absolute Gasteiger partial charge is 0.311 e. The van der Waals surface area contributed by atoms with Gasteiger partial charge in [-0.2, -0.15) is 0 Å². The summed E-state index contributed by atoms with van der Waals surface area (Å²) in [7, 11) is 0. The van der Waals surface area contributed by atoms with Crippen molar-refractivity contribution < 1.29 is 0 Å². The molecule has 1 atom stereocenters. The number of nitrogens with one attached hydrogen (secondary N) is 1. The molecule has 1 aliphatic rings. The Labute approximate surface area is 63.5 Å². The minimum Gasteiger partial charge on any atom is -0.311 e. The molecule has 1 nitrogen and oxygen atoms in total. The molecule has 0 aromatic rings. The zero-order chi connectivity index (χ0) is 7.23. The molecule has 10 heavy (non-hydrogen) atoms. The van der Waals surface area contributed by atoms with Crippen LogP contribution in [0.3, 0.4) is 0 Å². The highest BCUT2D eigenvalue weighted by molar-refractivity contribution is 4.85. The second kappa shape index (κ2) is 4.51. The highest BCUT2D eigenvalue weighted by Gasteiger charge is 1.99. The zero-order valence-electron chi connectivity index (χ0n) is 6.77. The van der Waals surface area contributed by atoms with Crippen molar-refractivity contribution in [2.45, 2.75) is 38.6 Å². The molecule has 58 valence electrons. The molecule has 0 fully saturated rings. The minimum absolute atomic E-state index is 0.711. The molecule has 0 saturated carbocycles. The Kier molecular flexibility index (Phi) is 3.52. The molecule has 0 spiro atoms. The van der Waals surface area contributed by atoms with Crippen LogP contribution in [0.25, 0.3) is 0 Å². The van der Waals surface area contributed by atoms with E-state index in [1.807, 2.05) is 0 Å². The Morgan fingerprint density at radius 2 is 2.20 bits per heavy atom. The third kappa shape index (κ3) is 3.02. The quantitative estimate of drug-likeness (QED) is 0.507. The predicted molar refractivity (Wildman–Crippen MR) is 45.1 cm³/mol. The van der Waals surface area contributed by atoms with Gasteiger partial charge in [0.1, 0.15) is 0 Å². The Bertz CT molecular complexity index is 107. The maximum atomic E-state index is 3.44. The van der Waals surface area contributed by atoms with E-state index in [9.17, 15) is 0 Å². The van der Waals surface area contributed by atoms with E-state index in [4.69, 9.17) is 0 Å². The summed E-state index contributed by atoms with van der Waals surface area (Å²) in [6.45, 7) is 3.32. The van der Waals surface area contributed by atoms with Gasteiger partial charge in [0.2, 0.25) is 0 Å². The van der Waals surface area contributed by atoms with Crippen molar-refractivity contribution in [3.8, 4) is 0 Å². The summed E-state index contributed by atoms with van der Waals surface area (Å²) in [5, 5.41) is 3.44. The first-order chi connectivity index (χ1) is 4.89. The van der Waals surface area contributed by atoms with Crippen molar-refractivity contribution in [2.24, 2.45) is 0 Å². The highest BCUT2D eigenvalue weighted by Crippen LogP contribution is 2.05. The van der Waals surface area contributed by atoms with Crippen molar-refractivity contribution in [3.05, 3.63) is 12.2 Å². The van der Waals surface area contributed by atoms with Crippen molar-refractivity contribution in [1.82, 2.24) is 5.32 Å². The molecular formula is C9H17N. The van der Waals surface area contributed by atoms with Crippen LogP contribution in [-0.2, 0) is 0 Å². The molecule has 1 heterocycles. The highest BCUT2D eigenvalue weighted by atomic mass is 14.9. The van der Waals surface area contributed by atoms with Crippen LogP contribution >= 0.6 is 0 Å². The summed E-state index contributed by atoms with van der Waals surface area (Å²) in [6, 6.07) is 0.711. The second-order valence-corrected chi connectivity index (χ2v) is 3.07. The van der Waals surface area contributed by atoms with Gasteiger partial charge < -0.3 is 5.32 Å². The van der Waals surface area contributed by atoms with Gasteiger partial charge in [-0.25, -0.2) is 0 Å². The zero-order valence-corrected chi connectivity index (χ0v) is 6.77. The molecular weight excluding hydrogens is 122 g/mol. The number of rotatable bonds is 0. The molecule has 0 radical (unpaired) electrons. The standard InChI is InChI=1S/C9H17N/c1-9-7-5-3-2-4-6-8-10-9/h4,6,9-10H,2-3,5,7-8H2,1H3/b6-4-. The SMILES string of the molecule is CC1CCCC/C=C\CN1. The lowest BCUT2D eigenvalue weighted by Gasteiger charge is -2.09. The Hall–Kier alpha value is -0.300. The van der Waals surface area contributed by atoms with E-state index >= 15 is 0 Å². The van der Waals surface area contributed by atoms with Gasteiger partial charge in [-0.05, 0) is 26.2 Å². The van der Waals surface area contributed by atoms with E-state index < -0.39 is 0 Å². The van der Waals surface area contributed by atoms with E-state index in [0.29, 0.717) is 6.04 Å². The Balaban J connectivity index is 2.25. The topological polar surface area (TPSA) is 12.0 Å².